The largest absolute Gasteiger partial charge is 0.484 e. The van der Waals surface area contributed by atoms with E-state index in [9.17, 15) is 18.0 Å². The molecule has 0 aliphatic carbocycles. The van der Waals surface area contributed by atoms with Crippen molar-refractivity contribution in [3.8, 4) is 5.75 Å². The van der Waals surface area contributed by atoms with Crippen molar-refractivity contribution < 1.29 is 22.7 Å². The minimum absolute atomic E-state index is 0. The monoisotopic (exact) mass is 354 g/mol. The molecular formula is C15H22ClF3N2O2. The van der Waals surface area contributed by atoms with Gasteiger partial charge >= 0.3 is 6.18 Å². The number of nitrogens with two attached hydrogens (primary N) is 1. The number of carbonyl (C=O) groups excluding carboxylic acids is 1. The Balaban J connectivity index is 0.00000484. The molecule has 0 radical (unpaired) electrons. The lowest BCUT2D eigenvalue weighted by Gasteiger charge is -2.28. The van der Waals surface area contributed by atoms with Crippen LogP contribution in [0.1, 0.15) is 26.7 Å². The van der Waals surface area contributed by atoms with E-state index in [1.54, 1.807) is 0 Å². The normalized spacial score (nSPS) is 11.6. The first kappa shape index (κ1) is 21.5. The smallest absolute Gasteiger partial charge is 0.422 e. The summed E-state index contributed by atoms with van der Waals surface area (Å²) >= 11 is 0. The van der Waals surface area contributed by atoms with Crippen LogP contribution >= 0.6 is 12.4 Å². The fourth-order valence-corrected chi connectivity index (χ4v) is 2.02. The molecule has 0 fully saturated rings. The molecule has 0 atom stereocenters. The number of amides is 1. The number of anilines is 1. The Morgan fingerprint density at radius 2 is 1.70 bits per heavy atom. The zero-order chi connectivity index (χ0) is 16.8. The zero-order valence-electron chi connectivity index (χ0n) is 13.1. The maximum Gasteiger partial charge on any atom is 0.422 e. The highest BCUT2D eigenvalue weighted by molar-refractivity contribution is 5.95. The molecule has 1 aromatic carbocycles. The van der Waals surface area contributed by atoms with Crippen LogP contribution in [-0.2, 0) is 4.79 Å². The van der Waals surface area contributed by atoms with E-state index in [4.69, 9.17) is 5.73 Å². The Morgan fingerprint density at radius 1 is 1.17 bits per heavy atom. The van der Waals surface area contributed by atoms with Crippen molar-refractivity contribution >= 4 is 24.0 Å². The van der Waals surface area contributed by atoms with Gasteiger partial charge in [-0.2, -0.15) is 13.2 Å². The third kappa shape index (κ3) is 6.27. The molecule has 0 saturated carbocycles. The average molecular weight is 355 g/mol. The van der Waals surface area contributed by atoms with Crippen molar-refractivity contribution in [1.29, 1.82) is 0 Å². The van der Waals surface area contributed by atoms with Gasteiger partial charge in [0.05, 0.1) is 5.41 Å². The Labute approximate surface area is 140 Å². The second-order valence-corrected chi connectivity index (χ2v) is 5.07. The summed E-state index contributed by atoms with van der Waals surface area (Å²) in [7, 11) is 0. The highest BCUT2D eigenvalue weighted by atomic mass is 35.5. The number of hydrogen-bond donors (Lipinski definition) is 2. The van der Waals surface area contributed by atoms with Gasteiger partial charge in [-0.15, -0.1) is 12.4 Å². The number of halogens is 4. The molecule has 1 amide bonds. The van der Waals surface area contributed by atoms with Gasteiger partial charge in [-0.3, -0.25) is 4.79 Å². The number of nitrogens with one attached hydrogen (secondary N) is 1. The first-order valence-electron chi connectivity index (χ1n) is 7.07. The second kappa shape index (κ2) is 8.98. The molecule has 132 valence electrons. The van der Waals surface area contributed by atoms with Crippen molar-refractivity contribution in [1.82, 2.24) is 0 Å². The van der Waals surface area contributed by atoms with Crippen molar-refractivity contribution in [3.63, 3.8) is 0 Å². The van der Waals surface area contributed by atoms with Crippen molar-refractivity contribution in [2.24, 2.45) is 11.1 Å². The number of benzene rings is 1. The third-order valence-corrected chi connectivity index (χ3v) is 3.74. The molecule has 8 heteroatoms. The van der Waals surface area contributed by atoms with Crippen LogP contribution in [0.5, 0.6) is 5.75 Å². The molecule has 0 saturated heterocycles. The van der Waals surface area contributed by atoms with Gasteiger partial charge in [0, 0.05) is 12.2 Å². The van der Waals surface area contributed by atoms with Crippen LogP contribution in [0.3, 0.4) is 0 Å². The molecule has 0 heterocycles. The van der Waals surface area contributed by atoms with Gasteiger partial charge in [0.2, 0.25) is 5.91 Å². The predicted molar refractivity (Wildman–Crippen MR) is 85.9 cm³/mol. The van der Waals surface area contributed by atoms with E-state index in [1.807, 2.05) is 13.8 Å². The molecule has 0 unspecified atom stereocenters. The molecule has 0 aliphatic heterocycles. The number of hydrogen-bond acceptors (Lipinski definition) is 3. The van der Waals surface area contributed by atoms with E-state index in [1.165, 1.54) is 24.3 Å². The summed E-state index contributed by atoms with van der Waals surface area (Å²) in [4.78, 5) is 12.3. The topological polar surface area (TPSA) is 64.4 Å². The lowest BCUT2D eigenvalue weighted by atomic mass is 9.81. The quantitative estimate of drug-likeness (QED) is 0.783. The van der Waals surface area contributed by atoms with Crippen LogP contribution in [0.25, 0.3) is 0 Å². The van der Waals surface area contributed by atoms with Crippen LogP contribution in [0.2, 0.25) is 0 Å². The van der Waals surface area contributed by atoms with E-state index < -0.39 is 18.2 Å². The third-order valence-electron chi connectivity index (χ3n) is 3.74. The average Bonchev–Trinajstić information content (AvgIpc) is 2.48. The molecule has 0 spiro atoms. The standard InChI is InChI=1S/C15H21F3N2O2.ClH/c1-3-14(4-2,9-19)13(21)20-11-5-7-12(8-6-11)22-10-15(16,17)18;/h5-8H,3-4,9-10,19H2,1-2H3,(H,20,21);1H. The maximum atomic E-state index is 12.3. The number of rotatable bonds is 7. The highest BCUT2D eigenvalue weighted by Gasteiger charge is 2.33. The first-order chi connectivity index (χ1) is 10.3. The van der Waals surface area contributed by atoms with Crippen LogP contribution in [0.15, 0.2) is 24.3 Å². The van der Waals surface area contributed by atoms with Gasteiger partial charge in [-0.25, -0.2) is 0 Å². The number of carbonyl (C=O) groups is 1. The summed E-state index contributed by atoms with van der Waals surface area (Å²) in [5.41, 5.74) is 5.56. The molecule has 23 heavy (non-hydrogen) atoms. The molecule has 0 aliphatic rings. The van der Waals surface area contributed by atoms with Crippen molar-refractivity contribution in [2.45, 2.75) is 32.9 Å². The Kier molecular flexibility index (Phi) is 8.41. The lowest BCUT2D eigenvalue weighted by Crippen LogP contribution is -2.41. The summed E-state index contributed by atoms with van der Waals surface area (Å²) in [5, 5.41) is 2.74. The van der Waals surface area contributed by atoms with Crippen LogP contribution in [-0.4, -0.2) is 25.2 Å². The first-order valence-corrected chi connectivity index (χ1v) is 7.07. The summed E-state index contributed by atoms with van der Waals surface area (Å²) in [6.07, 6.45) is -3.16. The predicted octanol–water partition coefficient (Wildman–Crippen LogP) is 3.75. The van der Waals surface area contributed by atoms with Crippen LogP contribution in [0.4, 0.5) is 18.9 Å². The van der Waals surface area contributed by atoms with E-state index in [2.05, 4.69) is 10.1 Å². The molecule has 1 aromatic rings. The Hall–Kier alpha value is -1.47. The molecule has 1 rings (SSSR count). The minimum atomic E-state index is -4.38. The van der Waals surface area contributed by atoms with E-state index >= 15 is 0 Å². The van der Waals surface area contributed by atoms with Crippen molar-refractivity contribution in [3.05, 3.63) is 24.3 Å². The molecule has 4 nitrogen and oxygen atoms in total. The zero-order valence-corrected chi connectivity index (χ0v) is 13.9. The lowest BCUT2D eigenvalue weighted by molar-refractivity contribution is -0.153. The van der Waals surface area contributed by atoms with Gasteiger partial charge in [0.25, 0.3) is 0 Å². The summed E-state index contributed by atoms with van der Waals surface area (Å²) in [6.45, 7) is 2.67. The van der Waals surface area contributed by atoms with Gasteiger partial charge in [0.1, 0.15) is 5.75 Å². The SMILES string of the molecule is CCC(CC)(CN)C(=O)Nc1ccc(OCC(F)(F)F)cc1.Cl. The molecule has 3 N–H and O–H groups in total. The molecule has 0 bridgehead atoms. The van der Waals surface area contributed by atoms with E-state index in [0.717, 1.165) is 0 Å². The Bertz CT molecular complexity index is 480. The minimum Gasteiger partial charge on any atom is -0.484 e. The van der Waals surface area contributed by atoms with Gasteiger partial charge in [-0.05, 0) is 37.1 Å². The van der Waals surface area contributed by atoms with Crippen LogP contribution in [0, 0.1) is 5.41 Å². The van der Waals surface area contributed by atoms with Gasteiger partial charge in [0.15, 0.2) is 6.61 Å². The van der Waals surface area contributed by atoms with E-state index in [-0.39, 0.29) is 30.6 Å². The van der Waals surface area contributed by atoms with E-state index in [0.29, 0.717) is 18.5 Å². The summed E-state index contributed by atoms with van der Waals surface area (Å²) in [5.74, 6) is -0.102. The number of ether oxygens (including phenoxy) is 1. The van der Waals surface area contributed by atoms with Crippen LogP contribution < -0.4 is 15.8 Å². The van der Waals surface area contributed by atoms with Gasteiger partial charge in [-0.1, -0.05) is 13.8 Å². The summed E-state index contributed by atoms with van der Waals surface area (Å²) in [6, 6.07) is 5.75. The van der Waals surface area contributed by atoms with Crippen molar-refractivity contribution in [2.75, 3.05) is 18.5 Å². The number of alkyl halides is 3. The molecular weight excluding hydrogens is 333 g/mol. The summed E-state index contributed by atoms with van der Waals surface area (Å²) < 4.78 is 40.7. The van der Waals surface area contributed by atoms with Gasteiger partial charge < -0.3 is 15.8 Å². The second-order valence-electron chi connectivity index (χ2n) is 5.07. The highest BCUT2D eigenvalue weighted by Crippen LogP contribution is 2.27. The fraction of sp³-hybridized carbons (Fsp3) is 0.533. The Morgan fingerprint density at radius 3 is 2.09 bits per heavy atom. The fourth-order valence-electron chi connectivity index (χ4n) is 2.02. The molecule has 0 aromatic heterocycles. The maximum absolute atomic E-state index is 12.3.